The van der Waals surface area contributed by atoms with Crippen LogP contribution in [0.3, 0.4) is 0 Å². The molecule has 0 spiro atoms. The Morgan fingerprint density at radius 1 is 1.11 bits per heavy atom. The van der Waals surface area contributed by atoms with Crippen LogP contribution in [0.2, 0.25) is 0 Å². The van der Waals surface area contributed by atoms with Gasteiger partial charge in [0.25, 0.3) is 0 Å². The average Bonchev–Trinajstić information content (AvgIpc) is 2.89. The summed E-state index contributed by atoms with van der Waals surface area (Å²) in [6.07, 6.45) is 5.36. The van der Waals surface area contributed by atoms with Crippen LogP contribution < -0.4 is 15.0 Å². The number of carbonyl (C=O) groups excluding carboxylic acids is 1. The second-order valence-electron chi connectivity index (χ2n) is 8.30. The first-order valence-electron chi connectivity index (χ1n) is 12.0. The molecule has 4 rings (SSSR count). The van der Waals surface area contributed by atoms with Crippen molar-refractivity contribution >= 4 is 29.2 Å². The monoisotopic (exact) mass is 495 g/mol. The Morgan fingerprint density at radius 3 is 2.67 bits per heavy atom. The molecule has 0 saturated carbocycles. The molecule has 2 aromatic carbocycles. The maximum atomic E-state index is 14.7. The number of piperidine rings is 1. The summed E-state index contributed by atoms with van der Waals surface area (Å²) in [7, 11) is 1.24. The van der Waals surface area contributed by atoms with E-state index in [4.69, 9.17) is 9.62 Å². The number of likely N-dealkylation sites (tertiary alicyclic amines) is 1. The lowest BCUT2D eigenvalue weighted by Gasteiger charge is -2.26. The molecule has 1 saturated heterocycles. The topological polar surface area (TPSA) is 89.0 Å². The molecule has 9 nitrogen and oxygen atoms in total. The van der Waals surface area contributed by atoms with Gasteiger partial charge >= 0.3 is 6.09 Å². The molecule has 0 radical (unpaired) electrons. The molecule has 2 heterocycles. The minimum Gasteiger partial charge on any atom is -0.490 e. The van der Waals surface area contributed by atoms with Crippen LogP contribution >= 0.6 is 0 Å². The zero-order chi connectivity index (χ0) is 25.2. The van der Waals surface area contributed by atoms with Crippen LogP contribution in [0.1, 0.15) is 25.7 Å². The molecule has 1 fully saturated rings. The number of hydrogen-bond donors (Lipinski definition) is 1. The summed E-state index contributed by atoms with van der Waals surface area (Å²) < 4.78 is 20.3. The van der Waals surface area contributed by atoms with Crippen molar-refractivity contribution in [3.8, 4) is 5.75 Å². The fourth-order valence-corrected chi connectivity index (χ4v) is 4.03. The summed E-state index contributed by atoms with van der Waals surface area (Å²) in [4.78, 5) is 34.0. The van der Waals surface area contributed by atoms with Gasteiger partial charge < -0.3 is 15.0 Å². The molecule has 0 aliphatic carbocycles. The minimum absolute atomic E-state index is 0.174. The molecule has 1 aliphatic heterocycles. The largest absolute Gasteiger partial charge is 0.490 e. The molecule has 1 aliphatic rings. The van der Waals surface area contributed by atoms with Gasteiger partial charge in [-0.25, -0.2) is 19.1 Å². The van der Waals surface area contributed by atoms with Crippen LogP contribution in [0, 0.1) is 5.82 Å². The normalized spacial score (nSPS) is 13.7. The minimum atomic E-state index is -0.777. The summed E-state index contributed by atoms with van der Waals surface area (Å²) >= 11 is 0. The number of benzene rings is 2. The van der Waals surface area contributed by atoms with E-state index in [2.05, 4.69) is 25.1 Å². The maximum absolute atomic E-state index is 14.7. The zero-order valence-corrected chi connectivity index (χ0v) is 20.2. The van der Waals surface area contributed by atoms with E-state index in [9.17, 15) is 9.18 Å². The summed E-state index contributed by atoms with van der Waals surface area (Å²) in [5, 5.41) is 2.97. The number of para-hydroxylation sites is 1. The average molecular weight is 496 g/mol. The van der Waals surface area contributed by atoms with Crippen LogP contribution in [-0.2, 0) is 9.78 Å². The maximum Gasteiger partial charge on any atom is 0.451 e. The number of nitrogens with zero attached hydrogens (tertiary/aromatic N) is 4. The molecular formula is C26H30FN5O4. The molecule has 0 atom stereocenters. The Morgan fingerprint density at radius 2 is 1.92 bits per heavy atom. The van der Waals surface area contributed by atoms with Crippen LogP contribution in [0.4, 0.5) is 32.3 Å². The van der Waals surface area contributed by atoms with Gasteiger partial charge in [0.2, 0.25) is 5.95 Å². The van der Waals surface area contributed by atoms with Gasteiger partial charge in [0.1, 0.15) is 5.82 Å². The molecule has 36 heavy (non-hydrogen) atoms. The Balaban J connectivity index is 1.39. The van der Waals surface area contributed by atoms with E-state index in [1.807, 2.05) is 6.07 Å². The number of halogens is 1. The third-order valence-corrected chi connectivity index (χ3v) is 5.73. The summed E-state index contributed by atoms with van der Waals surface area (Å²) in [6.45, 7) is 3.69. The van der Waals surface area contributed by atoms with Crippen molar-refractivity contribution < 1.29 is 23.7 Å². The number of aromatic nitrogens is 2. The second-order valence-corrected chi connectivity index (χ2v) is 8.30. The fraction of sp³-hybridized carbons (Fsp3) is 0.346. The summed E-state index contributed by atoms with van der Waals surface area (Å²) in [5.74, 6) is 0.137. The number of nitrogens with one attached hydrogen (secondary N) is 1. The Hall–Kier alpha value is -3.76. The van der Waals surface area contributed by atoms with E-state index in [0.29, 0.717) is 18.0 Å². The number of carbonyl (C=O) groups is 1. The van der Waals surface area contributed by atoms with Gasteiger partial charge in [-0.1, -0.05) is 24.6 Å². The smallest absolute Gasteiger partial charge is 0.451 e. The van der Waals surface area contributed by atoms with Gasteiger partial charge in [0.15, 0.2) is 11.6 Å². The third-order valence-electron chi connectivity index (χ3n) is 5.73. The van der Waals surface area contributed by atoms with Gasteiger partial charge in [-0.2, -0.15) is 9.87 Å². The Kier molecular flexibility index (Phi) is 9.01. The number of ether oxygens (including phenoxy) is 1. The van der Waals surface area contributed by atoms with Crippen molar-refractivity contribution in [3.63, 3.8) is 0 Å². The SMILES string of the molecule is COOC(=O)N(c1ccccc1)c1ccnc(Nc2ccc(OCCCN3CCCCC3)c(F)c2)n1. The van der Waals surface area contributed by atoms with Gasteiger partial charge in [-0.15, -0.1) is 0 Å². The Labute approximate surface area is 209 Å². The first kappa shape index (κ1) is 25.3. The van der Waals surface area contributed by atoms with Gasteiger partial charge in [-0.05, 0) is 56.6 Å². The van der Waals surface area contributed by atoms with E-state index in [0.717, 1.165) is 26.1 Å². The lowest BCUT2D eigenvalue weighted by atomic mass is 10.1. The lowest BCUT2D eigenvalue weighted by Crippen LogP contribution is -2.31. The molecular weight excluding hydrogens is 465 g/mol. The third kappa shape index (κ3) is 6.89. The number of hydrogen-bond acceptors (Lipinski definition) is 8. The fourth-order valence-electron chi connectivity index (χ4n) is 4.03. The van der Waals surface area contributed by atoms with Crippen LogP contribution in [0.25, 0.3) is 0 Å². The van der Waals surface area contributed by atoms with Crippen LogP contribution in [0.5, 0.6) is 5.75 Å². The second kappa shape index (κ2) is 12.8. The molecule has 1 N–H and O–H groups in total. The van der Waals surface area contributed by atoms with Crippen LogP contribution in [-0.4, -0.2) is 54.3 Å². The van der Waals surface area contributed by atoms with Crippen LogP contribution in [0.15, 0.2) is 60.8 Å². The highest BCUT2D eigenvalue weighted by Crippen LogP contribution is 2.27. The van der Waals surface area contributed by atoms with E-state index < -0.39 is 11.9 Å². The van der Waals surface area contributed by atoms with E-state index in [-0.39, 0.29) is 17.5 Å². The Bertz CT molecular complexity index is 1130. The molecule has 0 bridgehead atoms. The quantitative estimate of drug-likeness (QED) is 0.226. The molecule has 1 aromatic heterocycles. The van der Waals surface area contributed by atoms with E-state index in [1.165, 1.54) is 43.5 Å². The highest BCUT2D eigenvalue weighted by Gasteiger charge is 2.22. The molecule has 1 amide bonds. The highest BCUT2D eigenvalue weighted by molar-refractivity contribution is 5.94. The predicted molar refractivity (Wildman–Crippen MR) is 134 cm³/mol. The van der Waals surface area contributed by atoms with Gasteiger partial charge in [-0.3, -0.25) is 4.89 Å². The number of rotatable bonds is 10. The van der Waals surface area contributed by atoms with Gasteiger partial charge in [0.05, 0.1) is 19.4 Å². The highest BCUT2D eigenvalue weighted by atomic mass is 19.1. The van der Waals surface area contributed by atoms with Crippen molar-refractivity contribution in [2.24, 2.45) is 0 Å². The summed E-state index contributed by atoms with van der Waals surface area (Å²) in [5.41, 5.74) is 0.966. The van der Waals surface area contributed by atoms with Gasteiger partial charge in [0, 0.05) is 30.6 Å². The molecule has 3 aromatic rings. The first-order chi connectivity index (χ1) is 17.6. The van der Waals surface area contributed by atoms with Crippen molar-refractivity contribution in [2.75, 3.05) is 43.6 Å². The summed E-state index contributed by atoms with van der Waals surface area (Å²) in [6, 6.07) is 15.0. The lowest BCUT2D eigenvalue weighted by molar-refractivity contribution is -0.210. The molecule has 190 valence electrons. The molecule has 10 heteroatoms. The zero-order valence-electron chi connectivity index (χ0n) is 20.2. The van der Waals surface area contributed by atoms with Crippen molar-refractivity contribution in [1.29, 1.82) is 0 Å². The van der Waals surface area contributed by atoms with Crippen molar-refractivity contribution in [1.82, 2.24) is 14.9 Å². The van der Waals surface area contributed by atoms with E-state index >= 15 is 0 Å². The first-order valence-corrected chi connectivity index (χ1v) is 12.0. The number of amides is 1. The standard InChI is InChI=1S/C26H30FN5O4/c1-34-36-26(33)32(21-9-4-2-5-10-21)24-13-14-28-25(30-24)29-20-11-12-23(22(27)19-20)35-18-8-17-31-15-6-3-7-16-31/h2,4-5,9-14,19H,3,6-8,15-18H2,1H3,(H,28,29,30). The van der Waals surface area contributed by atoms with E-state index in [1.54, 1.807) is 42.5 Å². The van der Waals surface area contributed by atoms with Crippen molar-refractivity contribution in [2.45, 2.75) is 25.7 Å². The predicted octanol–water partition coefficient (Wildman–Crippen LogP) is 5.45. The van der Waals surface area contributed by atoms with Crippen molar-refractivity contribution in [3.05, 3.63) is 66.6 Å². The molecule has 0 unspecified atom stereocenters. The number of anilines is 4.